The second-order valence-corrected chi connectivity index (χ2v) is 6.28. The van der Waals surface area contributed by atoms with Crippen LogP contribution in [-0.4, -0.2) is 25.1 Å². The summed E-state index contributed by atoms with van der Waals surface area (Å²) in [4.78, 5) is 17.0. The van der Waals surface area contributed by atoms with Crippen LogP contribution in [0.25, 0.3) is 0 Å². The summed E-state index contributed by atoms with van der Waals surface area (Å²) in [6, 6.07) is 16.3. The molecule has 0 saturated heterocycles. The van der Waals surface area contributed by atoms with Gasteiger partial charge in [0.1, 0.15) is 22.9 Å². The molecule has 0 fully saturated rings. The lowest BCUT2D eigenvalue weighted by atomic mass is 10.1. The fourth-order valence-corrected chi connectivity index (χ4v) is 2.87. The van der Waals surface area contributed by atoms with Gasteiger partial charge in [-0.25, -0.2) is 4.98 Å². The Labute approximate surface area is 168 Å². The number of anilines is 2. The van der Waals surface area contributed by atoms with E-state index in [1.54, 1.807) is 36.5 Å². The molecule has 2 N–H and O–H groups in total. The highest BCUT2D eigenvalue weighted by Gasteiger charge is 2.18. The fraction of sp³-hybridized carbons (Fsp3) is 0.143. The molecule has 3 rings (SSSR count). The largest absolute Gasteiger partial charge is 0.496 e. The van der Waals surface area contributed by atoms with Gasteiger partial charge in [0.15, 0.2) is 0 Å². The number of ether oxygens (including phenoxy) is 2. The average Bonchev–Trinajstić information content (AvgIpc) is 2.73. The van der Waals surface area contributed by atoms with Gasteiger partial charge in [-0.1, -0.05) is 35.9 Å². The van der Waals surface area contributed by atoms with Crippen LogP contribution in [0, 0.1) is 0 Å². The van der Waals surface area contributed by atoms with Crippen molar-refractivity contribution in [3.05, 3.63) is 76.9 Å². The Kier molecular flexibility index (Phi) is 6.34. The number of nitrogens with zero attached hydrogens (tertiary/aromatic N) is 1. The van der Waals surface area contributed by atoms with Crippen molar-refractivity contribution in [3.8, 4) is 11.5 Å². The minimum Gasteiger partial charge on any atom is -0.496 e. The molecule has 28 heavy (non-hydrogen) atoms. The average molecular weight is 398 g/mol. The highest BCUT2D eigenvalue weighted by Crippen LogP contribution is 2.29. The SMILES string of the molecule is COc1cccc(OC)c1C(=O)Nc1ccc(NCc2ccccc2Cl)nc1. The summed E-state index contributed by atoms with van der Waals surface area (Å²) in [5, 5.41) is 6.71. The first-order valence-electron chi connectivity index (χ1n) is 8.58. The first-order valence-corrected chi connectivity index (χ1v) is 8.96. The van der Waals surface area contributed by atoms with E-state index in [0.717, 1.165) is 5.56 Å². The highest BCUT2D eigenvalue weighted by atomic mass is 35.5. The van der Waals surface area contributed by atoms with E-state index in [1.165, 1.54) is 14.2 Å². The number of hydrogen-bond donors (Lipinski definition) is 2. The lowest BCUT2D eigenvalue weighted by Crippen LogP contribution is -2.15. The summed E-state index contributed by atoms with van der Waals surface area (Å²) in [6.45, 7) is 0.552. The quantitative estimate of drug-likeness (QED) is 0.608. The molecule has 1 heterocycles. The molecule has 0 bridgehead atoms. The summed E-state index contributed by atoms with van der Waals surface area (Å²) >= 11 is 6.15. The number of benzene rings is 2. The van der Waals surface area contributed by atoms with E-state index in [4.69, 9.17) is 21.1 Å². The summed E-state index contributed by atoms with van der Waals surface area (Å²) in [5.41, 5.74) is 1.86. The maximum atomic E-state index is 12.7. The van der Waals surface area contributed by atoms with Gasteiger partial charge in [0.05, 0.1) is 26.1 Å². The maximum Gasteiger partial charge on any atom is 0.263 e. The number of aromatic nitrogens is 1. The van der Waals surface area contributed by atoms with Gasteiger partial charge in [0.2, 0.25) is 0 Å². The summed E-state index contributed by atoms with van der Waals surface area (Å²) in [7, 11) is 3.01. The van der Waals surface area contributed by atoms with Gasteiger partial charge in [0, 0.05) is 11.6 Å². The van der Waals surface area contributed by atoms with Crippen LogP contribution in [-0.2, 0) is 6.54 Å². The van der Waals surface area contributed by atoms with Crippen LogP contribution >= 0.6 is 11.6 Å². The van der Waals surface area contributed by atoms with Gasteiger partial charge < -0.3 is 20.1 Å². The molecule has 144 valence electrons. The van der Waals surface area contributed by atoms with Gasteiger partial charge in [-0.15, -0.1) is 0 Å². The van der Waals surface area contributed by atoms with E-state index in [2.05, 4.69) is 15.6 Å². The normalized spacial score (nSPS) is 10.2. The first-order chi connectivity index (χ1) is 13.6. The van der Waals surface area contributed by atoms with E-state index < -0.39 is 0 Å². The van der Waals surface area contributed by atoms with Gasteiger partial charge in [-0.05, 0) is 35.9 Å². The zero-order valence-corrected chi connectivity index (χ0v) is 16.3. The van der Waals surface area contributed by atoms with Crippen LogP contribution in [0.15, 0.2) is 60.8 Å². The Bertz CT molecular complexity index is 939. The molecule has 0 aliphatic heterocycles. The smallest absolute Gasteiger partial charge is 0.263 e. The van der Waals surface area contributed by atoms with Crippen molar-refractivity contribution in [1.29, 1.82) is 0 Å². The summed E-state index contributed by atoms with van der Waals surface area (Å²) < 4.78 is 10.5. The molecular formula is C21H20ClN3O3. The van der Waals surface area contributed by atoms with E-state index >= 15 is 0 Å². The van der Waals surface area contributed by atoms with Crippen LogP contribution in [0.5, 0.6) is 11.5 Å². The van der Waals surface area contributed by atoms with Gasteiger partial charge >= 0.3 is 0 Å². The van der Waals surface area contributed by atoms with E-state index in [9.17, 15) is 4.79 Å². The zero-order valence-electron chi connectivity index (χ0n) is 15.5. The number of carbonyl (C=O) groups excluding carboxylic acids is 1. The topological polar surface area (TPSA) is 72.5 Å². The Morgan fingerprint density at radius 2 is 1.71 bits per heavy atom. The third-order valence-corrected chi connectivity index (χ3v) is 4.46. The van der Waals surface area contributed by atoms with Crippen LogP contribution in [0.3, 0.4) is 0 Å². The lowest BCUT2D eigenvalue weighted by Gasteiger charge is -2.13. The van der Waals surface area contributed by atoms with Crippen molar-refractivity contribution in [2.45, 2.75) is 6.54 Å². The molecule has 0 atom stereocenters. The van der Waals surface area contributed by atoms with E-state index in [1.807, 2.05) is 24.3 Å². The Hall–Kier alpha value is -3.25. The summed E-state index contributed by atoms with van der Waals surface area (Å²) in [6.07, 6.45) is 1.58. The number of methoxy groups -OCH3 is 2. The number of nitrogens with one attached hydrogen (secondary N) is 2. The molecule has 2 aromatic carbocycles. The van der Waals surface area contributed by atoms with Gasteiger partial charge in [-0.2, -0.15) is 0 Å². The fourth-order valence-electron chi connectivity index (χ4n) is 2.67. The number of halogens is 1. The van der Waals surface area contributed by atoms with Crippen molar-refractivity contribution in [1.82, 2.24) is 4.98 Å². The number of carbonyl (C=O) groups is 1. The second-order valence-electron chi connectivity index (χ2n) is 5.87. The predicted octanol–water partition coefficient (Wildman–Crippen LogP) is 4.62. The van der Waals surface area contributed by atoms with Crippen LogP contribution in [0.1, 0.15) is 15.9 Å². The predicted molar refractivity (Wildman–Crippen MR) is 111 cm³/mol. The molecule has 7 heteroatoms. The molecule has 0 unspecified atom stereocenters. The van der Waals surface area contributed by atoms with Gasteiger partial charge in [0.25, 0.3) is 5.91 Å². The van der Waals surface area contributed by atoms with Crippen molar-refractivity contribution < 1.29 is 14.3 Å². The molecular weight excluding hydrogens is 378 g/mol. The monoisotopic (exact) mass is 397 g/mol. The molecule has 3 aromatic rings. The Morgan fingerprint density at radius 3 is 2.32 bits per heavy atom. The Balaban J connectivity index is 1.68. The van der Waals surface area contributed by atoms with E-state index in [0.29, 0.717) is 40.1 Å². The first kappa shape index (κ1) is 19.5. The maximum absolute atomic E-state index is 12.7. The molecule has 0 saturated carbocycles. The second kappa shape index (κ2) is 9.10. The standard InChI is InChI=1S/C21H20ClN3O3/c1-27-17-8-5-9-18(28-2)20(17)21(26)25-15-10-11-19(24-13-15)23-12-14-6-3-4-7-16(14)22/h3-11,13H,12H2,1-2H3,(H,23,24)(H,25,26). The molecule has 0 aliphatic carbocycles. The highest BCUT2D eigenvalue weighted by molar-refractivity contribution is 6.31. The number of rotatable bonds is 7. The third kappa shape index (κ3) is 4.53. The van der Waals surface area contributed by atoms with Crippen LogP contribution in [0.2, 0.25) is 5.02 Å². The number of amides is 1. The number of pyridine rings is 1. The minimum absolute atomic E-state index is 0.327. The number of hydrogen-bond acceptors (Lipinski definition) is 5. The van der Waals surface area contributed by atoms with E-state index in [-0.39, 0.29) is 5.91 Å². The Morgan fingerprint density at radius 1 is 1.00 bits per heavy atom. The van der Waals surface area contributed by atoms with Crippen molar-refractivity contribution in [2.24, 2.45) is 0 Å². The zero-order chi connectivity index (χ0) is 19.9. The molecule has 0 radical (unpaired) electrons. The lowest BCUT2D eigenvalue weighted by molar-refractivity contribution is 0.102. The van der Waals surface area contributed by atoms with Crippen LogP contribution in [0.4, 0.5) is 11.5 Å². The van der Waals surface area contributed by atoms with Gasteiger partial charge in [-0.3, -0.25) is 4.79 Å². The summed E-state index contributed by atoms with van der Waals surface area (Å²) in [5.74, 6) is 1.20. The van der Waals surface area contributed by atoms with Crippen molar-refractivity contribution >= 4 is 29.0 Å². The van der Waals surface area contributed by atoms with Crippen LogP contribution < -0.4 is 20.1 Å². The van der Waals surface area contributed by atoms with Crippen molar-refractivity contribution in [2.75, 3.05) is 24.9 Å². The molecule has 6 nitrogen and oxygen atoms in total. The minimum atomic E-state index is -0.340. The van der Waals surface area contributed by atoms with Crippen molar-refractivity contribution in [3.63, 3.8) is 0 Å². The molecule has 0 aliphatic rings. The third-order valence-electron chi connectivity index (χ3n) is 4.09. The molecule has 1 aromatic heterocycles. The molecule has 0 spiro atoms. The molecule has 1 amide bonds.